The highest BCUT2D eigenvalue weighted by Crippen LogP contribution is 2.35. The summed E-state index contributed by atoms with van der Waals surface area (Å²) >= 11 is 0. The Labute approximate surface area is 115 Å². The highest BCUT2D eigenvalue weighted by molar-refractivity contribution is 5.89. The van der Waals surface area contributed by atoms with Crippen LogP contribution in [0.15, 0.2) is 54.6 Å². The minimum Gasteiger partial charge on any atom is -0.351 e. The van der Waals surface area contributed by atoms with Gasteiger partial charge in [0.2, 0.25) is 6.43 Å². The van der Waals surface area contributed by atoms with E-state index in [9.17, 15) is 13.6 Å². The van der Waals surface area contributed by atoms with Gasteiger partial charge in [0.1, 0.15) is 0 Å². The number of amides is 2. The van der Waals surface area contributed by atoms with Gasteiger partial charge in [-0.15, -0.1) is 0 Å². The third kappa shape index (κ3) is 3.12. The standard InChI is InChI=1S/C15H14F2N2O/c16-14(17)13(10-6-2-1-3-7-10)11-8-4-5-9-12(11)19-15(18)20/h1-9,13-14H,(H3,18,19,20). The number of rotatable bonds is 4. The van der Waals surface area contributed by atoms with Gasteiger partial charge in [0.05, 0.1) is 5.92 Å². The number of para-hydroxylation sites is 1. The average Bonchev–Trinajstić information content (AvgIpc) is 2.41. The van der Waals surface area contributed by atoms with Crippen LogP contribution in [0.1, 0.15) is 17.0 Å². The number of nitrogens with two attached hydrogens (primary N) is 1. The van der Waals surface area contributed by atoms with Gasteiger partial charge in [-0.2, -0.15) is 0 Å². The lowest BCUT2D eigenvalue weighted by Gasteiger charge is -2.20. The molecular weight excluding hydrogens is 262 g/mol. The van der Waals surface area contributed by atoms with E-state index in [0.717, 1.165) is 0 Å². The second kappa shape index (κ2) is 6.14. The van der Waals surface area contributed by atoms with Crippen molar-refractivity contribution < 1.29 is 13.6 Å². The predicted octanol–water partition coefficient (Wildman–Crippen LogP) is 3.57. The summed E-state index contributed by atoms with van der Waals surface area (Å²) in [7, 11) is 0. The van der Waals surface area contributed by atoms with Gasteiger partial charge in [0.15, 0.2) is 0 Å². The van der Waals surface area contributed by atoms with Gasteiger partial charge in [0, 0.05) is 5.69 Å². The van der Waals surface area contributed by atoms with Crippen LogP contribution >= 0.6 is 0 Å². The quantitative estimate of drug-likeness (QED) is 0.881. The molecule has 0 bridgehead atoms. The Bertz CT molecular complexity index is 587. The summed E-state index contributed by atoms with van der Waals surface area (Å²) in [5.74, 6) is -1.11. The molecule has 0 aliphatic heterocycles. The molecule has 20 heavy (non-hydrogen) atoms. The topological polar surface area (TPSA) is 55.1 Å². The highest BCUT2D eigenvalue weighted by Gasteiger charge is 2.26. The molecule has 0 fully saturated rings. The normalized spacial score (nSPS) is 12.2. The van der Waals surface area contributed by atoms with E-state index in [2.05, 4.69) is 5.32 Å². The number of nitrogens with one attached hydrogen (secondary N) is 1. The summed E-state index contributed by atoms with van der Waals surface area (Å²) in [6.45, 7) is 0. The molecule has 1 atom stereocenters. The van der Waals surface area contributed by atoms with Crippen LogP contribution in [0.5, 0.6) is 0 Å². The second-order valence-electron chi connectivity index (χ2n) is 4.30. The number of alkyl halides is 2. The Kier molecular flexibility index (Phi) is 4.30. The van der Waals surface area contributed by atoms with Gasteiger partial charge in [-0.3, -0.25) is 0 Å². The number of carbonyl (C=O) groups is 1. The molecule has 2 amide bonds. The molecule has 0 aromatic heterocycles. The Morgan fingerprint density at radius 1 is 1.00 bits per heavy atom. The first-order valence-electron chi connectivity index (χ1n) is 6.08. The number of primary amides is 1. The lowest BCUT2D eigenvalue weighted by molar-refractivity contribution is 0.129. The maximum atomic E-state index is 13.4. The van der Waals surface area contributed by atoms with Crippen LogP contribution in [0.4, 0.5) is 19.3 Å². The minimum absolute atomic E-state index is 0.300. The van der Waals surface area contributed by atoms with E-state index in [0.29, 0.717) is 16.8 Å². The van der Waals surface area contributed by atoms with Crippen molar-refractivity contribution >= 4 is 11.7 Å². The summed E-state index contributed by atoms with van der Waals surface area (Å²) in [5.41, 5.74) is 6.20. The molecule has 2 aromatic carbocycles. The van der Waals surface area contributed by atoms with Crippen LogP contribution in [-0.4, -0.2) is 12.5 Å². The lowest BCUT2D eigenvalue weighted by Crippen LogP contribution is -2.22. The average molecular weight is 276 g/mol. The predicted molar refractivity (Wildman–Crippen MR) is 73.9 cm³/mol. The fourth-order valence-corrected chi connectivity index (χ4v) is 2.14. The second-order valence-corrected chi connectivity index (χ2v) is 4.30. The Balaban J connectivity index is 2.48. The SMILES string of the molecule is NC(=O)Nc1ccccc1C(c1ccccc1)C(F)F. The zero-order chi connectivity index (χ0) is 14.5. The fraction of sp³-hybridized carbons (Fsp3) is 0.133. The Morgan fingerprint density at radius 2 is 1.60 bits per heavy atom. The van der Waals surface area contributed by atoms with Gasteiger partial charge >= 0.3 is 6.03 Å². The van der Waals surface area contributed by atoms with Crippen LogP contribution in [0, 0.1) is 0 Å². The summed E-state index contributed by atoms with van der Waals surface area (Å²) in [6.07, 6.45) is -2.59. The minimum atomic E-state index is -2.59. The third-order valence-electron chi connectivity index (χ3n) is 2.96. The van der Waals surface area contributed by atoms with Crippen molar-refractivity contribution in [3.05, 3.63) is 65.7 Å². The van der Waals surface area contributed by atoms with E-state index in [4.69, 9.17) is 5.73 Å². The van der Waals surface area contributed by atoms with E-state index >= 15 is 0 Å². The maximum absolute atomic E-state index is 13.4. The molecule has 5 heteroatoms. The van der Waals surface area contributed by atoms with E-state index < -0.39 is 18.4 Å². The Morgan fingerprint density at radius 3 is 2.20 bits per heavy atom. The molecule has 0 heterocycles. The van der Waals surface area contributed by atoms with E-state index in [1.807, 2.05) is 0 Å². The smallest absolute Gasteiger partial charge is 0.316 e. The zero-order valence-corrected chi connectivity index (χ0v) is 10.6. The number of halogens is 2. The van der Waals surface area contributed by atoms with Crippen molar-refractivity contribution in [2.45, 2.75) is 12.3 Å². The lowest BCUT2D eigenvalue weighted by atomic mass is 9.90. The molecule has 2 aromatic rings. The first kappa shape index (κ1) is 14.0. The van der Waals surface area contributed by atoms with E-state index in [-0.39, 0.29) is 0 Å². The van der Waals surface area contributed by atoms with Gasteiger partial charge in [-0.25, -0.2) is 13.6 Å². The fourth-order valence-electron chi connectivity index (χ4n) is 2.14. The maximum Gasteiger partial charge on any atom is 0.316 e. The molecule has 0 radical (unpaired) electrons. The van der Waals surface area contributed by atoms with Crippen molar-refractivity contribution in [1.82, 2.24) is 0 Å². The summed E-state index contributed by atoms with van der Waals surface area (Å²) in [5, 5.41) is 2.38. The molecule has 104 valence electrons. The first-order valence-corrected chi connectivity index (χ1v) is 6.08. The third-order valence-corrected chi connectivity index (χ3v) is 2.96. The largest absolute Gasteiger partial charge is 0.351 e. The van der Waals surface area contributed by atoms with Crippen molar-refractivity contribution in [3.63, 3.8) is 0 Å². The van der Waals surface area contributed by atoms with Gasteiger partial charge in [-0.1, -0.05) is 48.5 Å². The summed E-state index contributed by atoms with van der Waals surface area (Å²) in [6, 6.07) is 14.1. The molecule has 3 N–H and O–H groups in total. The van der Waals surface area contributed by atoms with Gasteiger partial charge in [0.25, 0.3) is 0 Å². The van der Waals surface area contributed by atoms with Gasteiger partial charge < -0.3 is 11.1 Å². The zero-order valence-electron chi connectivity index (χ0n) is 10.6. The number of benzene rings is 2. The monoisotopic (exact) mass is 276 g/mol. The number of hydrogen-bond acceptors (Lipinski definition) is 1. The molecule has 0 aliphatic carbocycles. The van der Waals surface area contributed by atoms with Crippen LogP contribution in [0.3, 0.4) is 0 Å². The van der Waals surface area contributed by atoms with Crippen molar-refractivity contribution in [1.29, 1.82) is 0 Å². The molecule has 1 unspecified atom stereocenters. The number of urea groups is 1. The molecule has 0 spiro atoms. The van der Waals surface area contributed by atoms with E-state index in [1.165, 1.54) is 0 Å². The number of anilines is 1. The Hall–Kier alpha value is -2.43. The van der Waals surface area contributed by atoms with Crippen molar-refractivity contribution in [2.75, 3.05) is 5.32 Å². The highest BCUT2D eigenvalue weighted by atomic mass is 19.3. The van der Waals surface area contributed by atoms with Crippen molar-refractivity contribution in [3.8, 4) is 0 Å². The molecule has 3 nitrogen and oxygen atoms in total. The van der Waals surface area contributed by atoms with Crippen LogP contribution in [0.25, 0.3) is 0 Å². The van der Waals surface area contributed by atoms with Crippen molar-refractivity contribution in [2.24, 2.45) is 5.73 Å². The molecule has 0 aliphatic rings. The van der Waals surface area contributed by atoms with Crippen LogP contribution in [-0.2, 0) is 0 Å². The van der Waals surface area contributed by atoms with Crippen LogP contribution < -0.4 is 11.1 Å². The number of carbonyl (C=O) groups excluding carboxylic acids is 1. The molecule has 0 saturated carbocycles. The molecular formula is C15H14F2N2O. The van der Waals surface area contributed by atoms with Crippen LogP contribution in [0.2, 0.25) is 0 Å². The molecule has 2 rings (SSSR count). The van der Waals surface area contributed by atoms with Gasteiger partial charge in [-0.05, 0) is 17.2 Å². The first-order chi connectivity index (χ1) is 9.59. The van der Waals surface area contributed by atoms with E-state index in [1.54, 1.807) is 54.6 Å². The molecule has 0 saturated heterocycles. The summed E-state index contributed by atoms with van der Waals surface area (Å²) in [4.78, 5) is 11.0. The number of hydrogen-bond donors (Lipinski definition) is 2. The summed E-state index contributed by atoms with van der Waals surface area (Å²) < 4.78 is 26.9.